The molecule has 0 saturated heterocycles. The van der Waals surface area contributed by atoms with Gasteiger partial charge in [0.05, 0.1) is 5.69 Å². The summed E-state index contributed by atoms with van der Waals surface area (Å²) in [5.41, 5.74) is 4.59. The van der Waals surface area contributed by atoms with E-state index in [0.29, 0.717) is 17.6 Å². The van der Waals surface area contributed by atoms with Crippen LogP contribution in [0.1, 0.15) is 118 Å². The van der Waals surface area contributed by atoms with E-state index in [9.17, 15) is 5.11 Å². The minimum absolute atomic E-state index is 0.514. The standard InChI is InChI=1S/C33H43NO/c35-33-28(22-34-29-15-5-2-6-16-29)19-27(23-10-3-1-4-11-23)21-32(33)30-17-9-14-26-18-24-12-7-8-13-25(24)20-31(26)30/h2,5-6,15-16,19,21-26,30-31,35H,1,3-4,7-14,17-18,20H2. The van der Waals surface area contributed by atoms with E-state index in [2.05, 4.69) is 12.1 Å². The summed E-state index contributed by atoms with van der Waals surface area (Å²) in [7, 11) is 0. The summed E-state index contributed by atoms with van der Waals surface area (Å²) in [5, 5.41) is 11.7. The van der Waals surface area contributed by atoms with E-state index in [0.717, 1.165) is 34.9 Å². The number of nitrogens with zero attached hydrogens (tertiary/aromatic N) is 1. The van der Waals surface area contributed by atoms with Crippen molar-refractivity contribution in [2.75, 3.05) is 0 Å². The van der Waals surface area contributed by atoms with Gasteiger partial charge in [-0.3, -0.25) is 4.99 Å². The quantitative estimate of drug-likeness (QED) is 0.445. The smallest absolute Gasteiger partial charge is 0.127 e. The summed E-state index contributed by atoms with van der Waals surface area (Å²) < 4.78 is 0. The van der Waals surface area contributed by atoms with Gasteiger partial charge >= 0.3 is 0 Å². The van der Waals surface area contributed by atoms with Crippen LogP contribution in [0.5, 0.6) is 5.75 Å². The number of aromatic hydroxyl groups is 1. The van der Waals surface area contributed by atoms with Crippen LogP contribution in [-0.2, 0) is 0 Å². The second-order valence-electron chi connectivity index (χ2n) is 12.2. The molecule has 2 nitrogen and oxygen atoms in total. The lowest BCUT2D eigenvalue weighted by molar-refractivity contribution is 0.0385. The summed E-state index contributed by atoms with van der Waals surface area (Å²) in [4.78, 5) is 4.76. The number of rotatable bonds is 4. The zero-order valence-corrected chi connectivity index (χ0v) is 21.4. The molecule has 5 unspecified atom stereocenters. The highest BCUT2D eigenvalue weighted by atomic mass is 16.3. The van der Waals surface area contributed by atoms with E-state index >= 15 is 0 Å². The van der Waals surface area contributed by atoms with Crippen LogP contribution in [0, 0.1) is 23.7 Å². The van der Waals surface area contributed by atoms with Gasteiger partial charge in [-0.1, -0.05) is 82.1 Å². The molecule has 2 aromatic rings. The van der Waals surface area contributed by atoms with Crippen LogP contribution in [0.15, 0.2) is 47.5 Å². The van der Waals surface area contributed by atoms with E-state index in [4.69, 9.17) is 4.99 Å². The molecule has 4 aliphatic rings. The molecule has 186 valence electrons. The maximum Gasteiger partial charge on any atom is 0.127 e. The number of fused-ring (bicyclic) bond motifs is 2. The number of benzene rings is 2. The van der Waals surface area contributed by atoms with Crippen LogP contribution < -0.4 is 0 Å². The molecule has 5 atom stereocenters. The van der Waals surface area contributed by atoms with E-state index in [-0.39, 0.29) is 0 Å². The minimum Gasteiger partial charge on any atom is -0.507 e. The average Bonchev–Trinajstić information content (AvgIpc) is 2.92. The minimum atomic E-state index is 0.514. The second kappa shape index (κ2) is 10.5. The summed E-state index contributed by atoms with van der Waals surface area (Å²) >= 11 is 0. The number of aliphatic imine (C=N–C) groups is 1. The molecule has 2 aromatic carbocycles. The topological polar surface area (TPSA) is 32.6 Å². The first kappa shape index (κ1) is 23.3. The molecule has 0 spiro atoms. The van der Waals surface area contributed by atoms with Crippen molar-refractivity contribution >= 4 is 11.9 Å². The second-order valence-corrected chi connectivity index (χ2v) is 12.2. The number of para-hydroxylation sites is 1. The van der Waals surface area contributed by atoms with Crippen molar-refractivity contribution in [2.24, 2.45) is 28.7 Å². The highest BCUT2D eigenvalue weighted by Crippen LogP contribution is 2.56. The summed E-state index contributed by atoms with van der Waals surface area (Å²) in [5.74, 6) is 5.22. The molecule has 4 fully saturated rings. The SMILES string of the molecule is Oc1c(C=Nc2ccccc2)cc(C2CCCCC2)cc1C1CCCC2CC3CCCCC3CC21. The number of phenolic OH excluding ortho intramolecular Hbond substituents is 1. The Bertz CT molecular complexity index is 1020. The fraction of sp³-hybridized carbons (Fsp3) is 0.606. The molecule has 0 bridgehead atoms. The highest BCUT2D eigenvalue weighted by Gasteiger charge is 2.44. The number of hydrogen-bond donors (Lipinski definition) is 1. The van der Waals surface area contributed by atoms with Gasteiger partial charge in [-0.05, 0) is 96.9 Å². The molecule has 0 aliphatic heterocycles. The number of hydrogen-bond acceptors (Lipinski definition) is 2. The fourth-order valence-corrected chi connectivity index (χ4v) is 8.45. The van der Waals surface area contributed by atoms with Gasteiger partial charge in [0.1, 0.15) is 5.75 Å². The monoisotopic (exact) mass is 469 g/mol. The molecule has 2 heteroatoms. The Morgan fingerprint density at radius 3 is 2.23 bits per heavy atom. The Hall–Kier alpha value is -2.09. The molecule has 0 radical (unpaired) electrons. The Balaban J connectivity index is 1.36. The highest BCUT2D eigenvalue weighted by molar-refractivity contribution is 5.86. The lowest BCUT2D eigenvalue weighted by Gasteiger charge is -2.49. The number of phenols is 1. The molecule has 0 amide bonds. The predicted molar refractivity (Wildman–Crippen MR) is 146 cm³/mol. The van der Waals surface area contributed by atoms with Crippen LogP contribution in [-0.4, -0.2) is 11.3 Å². The maximum atomic E-state index is 11.7. The average molecular weight is 470 g/mol. The lowest BCUT2D eigenvalue weighted by Crippen LogP contribution is -2.38. The van der Waals surface area contributed by atoms with Crippen molar-refractivity contribution in [3.05, 3.63) is 59.2 Å². The van der Waals surface area contributed by atoms with E-state index < -0.39 is 0 Å². The van der Waals surface area contributed by atoms with Crippen molar-refractivity contribution in [1.29, 1.82) is 0 Å². The van der Waals surface area contributed by atoms with Gasteiger partial charge in [0.2, 0.25) is 0 Å². The summed E-state index contributed by atoms with van der Waals surface area (Å²) in [6, 6.07) is 14.9. The Morgan fingerprint density at radius 1 is 0.714 bits per heavy atom. The van der Waals surface area contributed by atoms with E-state index in [1.54, 1.807) is 0 Å². The first-order chi connectivity index (χ1) is 17.3. The summed E-state index contributed by atoms with van der Waals surface area (Å²) in [6.07, 6.45) is 21.2. The third-order valence-corrected chi connectivity index (χ3v) is 10.2. The first-order valence-electron chi connectivity index (χ1n) is 14.7. The molecule has 0 aromatic heterocycles. The van der Waals surface area contributed by atoms with Crippen molar-refractivity contribution in [1.82, 2.24) is 0 Å². The van der Waals surface area contributed by atoms with Gasteiger partial charge in [-0.15, -0.1) is 0 Å². The molecule has 0 heterocycles. The first-order valence-corrected chi connectivity index (χ1v) is 14.7. The van der Waals surface area contributed by atoms with Crippen LogP contribution in [0.2, 0.25) is 0 Å². The molecule has 6 rings (SSSR count). The van der Waals surface area contributed by atoms with Crippen molar-refractivity contribution < 1.29 is 5.11 Å². The van der Waals surface area contributed by atoms with E-state index in [1.165, 1.54) is 101 Å². The maximum absolute atomic E-state index is 11.7. The Kier molecular flexibility index (Phi) is 6.99. The van der Waals surface area contributed by atoms with Gasteiger partial charge in [0.25, 0.3) is 0 Å². The van der Waals surface area contributed by atoms with Crippen LogP contribution >= 0.6 is 0 Å². The molecule has 1 N–H and O–H groups in total. The Labute approximate surface area is 212 Å². The van der Waals surface area contributed by atoms with Gasteiger partial charge in [-0.2, -0.15) is 0 Å². The lowest BCUT2D eigenvalue weighted by atomic mass is 9.56. The van der Waals surface area contributed by atoms with Gasteiger partial charge in [-0.25, -0.2) is 0 Å². The van der Waals surface area contributed by atoms with Crippen LogP contribution in [0.4, 0.5) is 5.69 Å². The normalized spacial score (nSPS) is 31.7. The van der Waals surface area contributed by atoms with E-state index in [1.807, 2.05) is 36.5 Å². The van der Waals surface area contributed by atoms with Crippen molar-refractivity contribution in [2.45, 2.75) is 102 Å². The molecular weight excluding hydrogens is 426 g/mol. The van der Waals surface area contributed by atoms with Crippen molar-refractivity contribution in [3.8, 4) is 5.75 Å². The van der Waals surface area contributed by atoms with Gasteiger partial charge < -0.3 is 5.11 Å². The van der Waals surface area contributed by atoms with Crippen molar-refractivity contribution in [3.63, 3.8) is 0 Å². The molecule has 4 aliphatic carbocycles. The molecular formula is C33H43NO. The molecule has 4 saturated carbocycles. The third kappa shape index (κ3) is 4.95. The largest absolute Gasteiger partial charge is 0.507 e. The molecule has 35 heavy (non-hydrogen) atoms. The zero-order chi connectivity index (χ0) is 23.6. The van der Waals surface area contributed by atoms with Gasteiger partial charge in [0, 0.05) is 11.8 Å². The predicted octanol–water partition coefficient (Wildman–Crippen LogP) is 9.29. The third-order valence-electron chi connectivity index (χ3n) is 10.2. The Morgan fingerprint density at radius 2 is 1.43 bits per heavy atom. The van der Waals surface area contributed by atoms with Gasteiger partial charge in [0.15, 0.2) is 0 Å². The van der Waals surface area contributed by atoms with Crippen LogP contribution in [0.3, 0.4) is 0 Å². The van der Waals surface area contributed by atoms with Crippen LogP contribution in [0.25, 0.3) is 0 Å². The summed E-state index contributed by atoms with van der Waals surface area (Å²) in [6.45, 7) is 0. The fourth-order valence-electron chi connectivity index (χ4n) is 8.45. The zero-order valence-electron chi connectivity index (χ0n) is 21.4.